The van der Waals surface area contributed by atoms with E-state index in [2.05, 4.69) is 15.5 Å². The number of carbonyl (C=O) groups excluding carboxylic acids is 1. The van der Waals surface area contributed by atoms with Gasteiger partial charge in [-0.2, -0.15) is 0 Å². The molecule has 0 unspecified atom stereocenters. The van der Waals surface area contributed by atoms with Crippen molar-refractivity contribution in [2.24, 2.45) is 0 Å². The average Bonchev–Trinajstić information content (AvgIpc) is 2.85. The number of nitrogens with zero attached hydrogens (tertiary/aromatic N) is 2. The number of para-hydroxylation sites is 1. The lowest BCUT2D eigenvalue weighted by molar-refractivity contribution is -0.115. The van der Waals surface area contributed by atoms with Crippen molar-refractivity contribution in [3.8, 4) is 0 Å². The zero-order chi connectivity index (χ0) is 13.9. The molecule has 0 saturated heterocycles. The van der Waals surface area contributed by atoms with Crippen LogP contribution < -0.4 is 5.32 Å². The number of pyridine rings is 1. The smallest absolute Gasteiger partial charge is 0.231 e. The molecule has 1 aromatic carbocycles. The van der Waals surface area contributed by atoms with E-state index >= 15 is 0 Å². The SMILES string of the molecule is O=C(Cc1noc2ccccc12)Nc1ncccc1Cl. The van der Waals surface area contributed by atoms with Gasteiger partial charge in [-0.15, -0.1) is 0 Å². The van der Waals surface area contributed by atoms with Gasteiger partial charge in [-0.25, -0.2) is 4.98 Å². The minimum Gasteiger partial charge on any atom is -0.356 e. The van der Waals surface area contributed by atoms with E-state index in [1.165, 1.54) is 0 Å². The molecule has 2 aromatic heterocycles. The molecule has 5 nitrogen and oxygen atoms in total. The molecular formula is C14H10ClN3O2. The molecule has 1 N–H and O–H groups in total. The van der Waals surface area contributed by atoms with Gasteiger partial charge < -0.3 is 9.84 Å². The summed E-state index contributed by atoms with van der Waals surface area (Å²) in [6, 6.07) is 10.8. The maximum absolute atomic E-state index is 12.0. The molecule has 3 aromatic rings. The highest BCUT2D eigenvalue weighted by molar-refractivity contribution is 6.33. The Bertz CT molecular complexity index is 770. The summed E-state index contributed by atoms with van der Waals surface area (Å²) in [5.74, 6) is 0.0941. The van der Waals surface area contributed by atoms with Crippen LogP contribution in [0.2, 0.25) is 5.02 Å². The van der Waals surface area contributed by atoms with Crippen molar-refractivity contribution in [2.45, 2.75) is 6.42 Å². The second-order valence-electron chi connectivity index (χ2n) is 4.18. The molecule has 0 radical (unpaired) electrons. The summed E-state index contributed by atoms with van der Waals surface area (Å²) in [4.78, 5) is 16.0. The van der Waals surface area contributed by atoms with Crippen LogP contribution in [0.5, 0.6) is 0 Å². The highest BCUT2D eigenvalue weighted by atomic mass is 35.5. The summed E-state index contributed by atoms with van der Waals surface area (Å²) in [6.07, 6.45) is 1.66. The molecule has 6 heteroatoms. The maximum Gasteiger partial charge on any atom is 0.231 e. The molecular weight excluding hydrogens is 278 g/mol. The van der Waals surface area contributed by atoms with Gasteiger partial charge >= 0.3 is 0 Å². The number of rotatable bonds is 3. The second kappa shape index (κ2) is 5.30. The number of halogens is 1. The molecule has 0 atom stereocenters. The number of benzene rings is 1. The van der Waals surface area contributed by atoms with E-state index in [-0.39, 0.29) is 12.3 Å². The number of amides is 1. The zero-order valence-corrected chi connectivity index (χ0v) is 11.1. The Hall–Kier alpha value is -2.40. The van der Waals surface area contributed by atoms with Crippen LogP contribution >= 0.6 is 11.6 Å². The molecule has 3 rings (SSSR count). The van der Waals surface area contributed by atoms with E-state index in [1.807, 2.05) is 18.2 Å². The lowest BCUT2D eigenvalue weighted by Crippen LogP contribution is -2.15. The van der Waals surface area contributed by atoms with Gasteiger partial charge in [-0.1, -0.05) is 28.9 Å². The molecule has 0 fully saturated rings. The predicted octanol–water partition coefficient (Wildman–Crippen LogP) is 3.06. The lowest BCUT2D eigenvalue weighted by atomic mass is 10.1. The number of nitrogens with one attached hydrogen (secondary N) is 1. The van der Waals surface area contributed by atoms with Gasteiger partial charge in [-0.3, -0.25) is 4.79 Å². The van der Waals surface area contributed by atoms with Crippen molar-refractivity contribution >= 4 is 34.3 Å². The highest BCUT2D eigenvalue weighted by Crippen LogP contribution is 2.20. The van der Waals surface area contributed by atoms with E-state index < -0.39 is 0 Å². The Balaban J connectivity index is 1.78. The Morgan fingerprint density at radius 1 is 1.25 bits per heavy atom. The van der Waals surface area contributed by atoms with Crippen molar-refractivity contribution in [1.82, 2.24) is 10.1 Å². The van der Waals surface area contributed by atoms with Crippen molar-refractivity contribution in [2.75, 3.05) is 5.32 Å². The predicted molar refractivity (Wildman–Crippen MR) is 75.6 cm³/mol. The van der Waals surface area contributed by atoms with Gasteiger partial charge in [0.2, 0.25) is 5.91 Å². The minimum absolute atomic E-state index is 0.101. The first-order valence-corrected chi connectivity index (χ1v) is 6.35. The summed E-state index contributed by atoms with van der Waals surface area (Å²) in [5, 5.41) is 7.78. The third-order valence-corrected chi connectivity index (χ3v) is 3.10. The lowest BCUT2D eigenvalue weighted by Gasteiger charge is -2.04. The fourth-order valence-electron chi connectivity index (χ4n) is 1.87. The molecule has 0 saturated carbocycles. The number of fused-ring (bicyclic) bond motifs is 1. The zero-order valence-electron chi connectivity index (χ0n) is 10.3. The summed E-state index contributed by atoms with van der Waals surface area (Å²) < 4.78 is 5.15. The van der Waals surface area contributed by atoms with Crippen molar-refractivity contribution in [3.05, 3.63) is 53.3 Å². The first-order chi connectivity index (χ1) is 9.74. The molecule has 0 aliphatic carbocycles. The van der Waals surface area contributed by atoms with Crippen LogP contribution in [0.3, 0.4) is 0 Å². The van der Waals surface area contributed by atoms with Crippen LogP contribution in [0.25, 0.3) is 11.0 Å². The van der Waals surface area contributed by atoms with Crippen molar-refractivity contribution < 1.29 is 9.32 Å². The maximum atomic E-state index is 12.0. The van der Waals surface area contributed by atoms with Crippen LogP contribution in [-0.2, 0) is 11.2 Å². The second-order valence-corrected chi connectivity index (χ2v) is 4.59. The third kappa shape index (κ3) is 2.48. The first kappa shape index (κ1) is 12.6. The molecule has 0 aliphatic rings. The van der Waals surface area contributed by atoms with E-state index in [1.54, 1.807) is 24.4 Å². The Morgan fingerprint density at radius 2 is 2.10 bits per heavy atom. The standard InChI is InChI=1S/C14H10ClN3O2/c15-10-5-3-7-16-14(10)17-13(19)8-11-9-4-1-2-6-12(9)20-18-11/h1-7H,8H2,(H,16,17,19). The van der Waals surface area contributed by atoms with Gasteiger partial charge in [0.1, 0.15) is 5.69 Å². The van der Waals surface area contributed by atoms with Crippen LogP contribution in [0.15, 0.2) is 47.1 Å². The van der Waals surface area contributed by atoms with Crippen molar-refractivity contribution in [3.63, 3.8) is 0 Å². The van der Waals surface area contributed by atoms with Gasteiger partial charge in [0.05, 0.1) is 11.4 Å². The number of anilines is 1. The number of carbonyl (C=O) groups is 1. The summed E-state index contributed by atoms with van der Waals surface area (Å²) in [5.41, 5.74) is 1.25. The average molecular weight is 288 g/mol. The van der Waals surface area contributed by atoms with Gasteiger partial charge in [0.15, 0.2) is 11.4 Å². The summed E-state index contributed by atoms with van der Waals surface area (Å²) >= 11 is 5.93. The fourth-order valence-corrected chi connectivity index (χ4v) is 2.04. The monoisotopic (exact) mass is 287 g/mol. The molecule has 20 heavy (non-hydrogen) atoms. The molecule has 100 valence electrons. The Morgan fingerprint density at radius 3 is 2.95 bits per heavy atom. The highest BCUT2D eigenvalue weighted by Gasteiger charge is 2.13. The molecule has 2 heterocycles. The molecule has 0 bridgehead atoms. The van der Waals surface area contributed by atoms with E-state index in [9.17, 15) is 4.79 Å². The number of hydrogen-bond acceptors (Lipinski definition) is 4. The van der Waals surface area contributed by atoms with Gasteiger partial charge in [0.25, 0.3) is 0 Å². The molecule has 0 spiro atoms. The minimum atomic E-state index is -0.246. The van der Waals surface area contributed by atoms with Crippen molar-refractivity contribution in [1.29, 1.82) is 0 Å². The number of aromatic nitrogens is 2. The van der Waals surface area contributed by atoms with E-state index in [4.69, 9.17) is 16.1 Å². The van der Waals surface area contributed by atoms with Gasteiger partial charge in [0, 0.05) is 11.6 Å². The molecule has 1 amide bonds. The summed E-state index contributed by atoms with van der Waals surface area (Å²) in [7, 11) is 0. The third-order valence-electron chi connectivity index (χ3n) is 2.80. The van der Waals surface area contributed by atoms with Crippen LogP contribution in [0, 0.1) is 0 Å². The number of hydrogen-bond donors (Lipinski definition) is 1. The topological polar surface area (TPSA) is 68.0 Å². The fraction of sp³-hybridized carbons (Fsp3) is 0.0714. The first-order valence-electron chi connectivity index (χ1n) is 5.98. The molecule has 0 aliphatic heterocycles. The Kier molecular flexibility index (Phi) is 3.35. The largest absolute Gasteiger partial charge is 0.356 e. The van der Waals surface area contributed by atoms with Crippen LogP contribution in [0.4, 0.5) is 5.82 Å². The van der Waals surface area contributed by atoms with Gasteiger partial charge in [-0.05, 0) is 24.3 Å². The van der Waals surface area contributed by atoms with E-state index in [0.29, 0.717) is 22.1 Å². The Labute approximate surface area is 119 Å². The summed E-state index contributed by atoms with van der Waals surface area (Å²) in [6.45, 7) is 0. The van der Waals surface area contributed by atoms with Crippen LogP contribution in [-0.4, -0.2) is 16.0 Å². The quantitative estimate of drug-likeness (QED) is 0.804. The normalized spacial score (nSPS) is 10.7. The van der Waals surface area contributed by atoms with E-state index in [0.717, 1.165) is 5.39 Å². The van der Waals surface area contributed by atoms with Crippen LogP contribution in [0.1, 0.15) is 5.69 Å².